The van der Waals surface area contributed by atoms with E-state index in [1.807, 2.05) is 48.5 Å². The summed E-state index contributed by atoms with van der Waals surface area (Å²) in [5.74, 6) is 0.508. The SMILES string of the molecule is COc1ccccc1/C=C/C(=O)Nc1ccc(-n2cncn2)cc1. The highest BCUT2D eigenvalue weighted by molar-refractivity contribution is 6.02. The van der Waals surface area contributed by atoms with Crippen LogP contribution < -0.4 is 10.1 Å². The Labute approximate surface area is 139 Å². The molecule has 3 aromatic rings. The normalized spacial score (nSPS) is 10.7. The van der Waals surface area contributed by atoms with Crippen molar-refractivity contribution in [2.24, 2.45) is 0 Å². The van der Waals surface area contributed by atoms with E-state index >= 15 is 0 Å². The van der Waals surface area contributed by atoms with E-state index in [0.29, 0.717) is 5.69 Å². The van der Waals surface area contributed by atoms with Crippen molar-refractivity contribution in [3.63, 3.8) is 0 Å². The molecule has 0 aliphatic carbocycles. The first kappa shape index (κ1) is 15.5. The van der Waals surface area contributed by atoms with E-state index in [9.17, 15) is 4.79 Å². The van der Waals surface area contributed by atoms with Crippen LogP contribution in [0.5, 0.6) is 5.75 Å². The van der Waals surface area contributed by atoms with Crippen LogP contribution in [0.3, 0.4) is 0 Å². The summed E-state index contributed by atoms with van der Waals surface area (Å²) in [5, 5.41) is 6.86. The fraction of sp³-hybridized carbons (Fsp3) is 0.0556. The number of methoxy groups -OCH3 is 1. The summed E-state index contributed by atoms with van der Waals surface area (Å²) in [6.07, 6.45) is 6.28. The van der Waals surface area contributed by atoms with Crippen LogP contribution in [0.2, 0.25) is 0 Å². The van der Waals surface area contributed by atoms with Crippen molar-refractivity contribution < 1.29 is 9.53 Å². The molecule has 0 spiro atoms. The zero-order chi connectivity index (χ0) is 16.8. The first-order valence-corrected chi connectivity index (χ1v) is 7.33. The second-order valence-corrected chi connectivity index (χ2v) is 4.95. The predicted octanol–water partition coefficient (Wildman–Crippen LogP) is 2.93. The molecule has 2 aromatic carbocycles. The highest BCUT2D eigenvalue weighted by Gasteiger charge is 2.02. The fourth-order valence-electron chi connectivity index (χ4n) is 2.19. The number of carbonyl (C=O) groups is 1. The lowest BCUT2D eigenvalue weighted by molar-refractivity contribution is -0.111. The summed E-state index contributed by atoms with van der Waals surface area (Å²) in [4.78, 5) is 15.9. The van der Waals surface area contributed by atoms with Crippen LogP contribution in [0.15, 0.2) is 67.3 Å². The maximum absolute atomic E-state index is 12.0. The van der Waals surface area contributed by atoms with E-state index in [1.54, 1.807) is 24.2 Å². The average Bonchev–Trinajstić information content (AvgIpc) is 3.15. The monoisotopic (exact) mass is 320 g/mol. The van der Waals surface area contributed by atoms with Gasteiger partial charge in [0.05, 0.1) is 12.8 Å². The number of benzene rings is 2. The standard InChI is InChI=1S/C18H16N4O2/c1-24-17-5-3-2-4-14(17)6-11-18(23)21-15-7-9-16(10-8-15)22-13-19-12-20-22/h2-13H,1H3,(H,21,23)/b11-6+. The van der Waals surface area contributed by atoms with Gasteiger partial charge in [0.1, 0.15) is 18.4 Å². The highest BCUT2D eigenvalue weighted by Crippen LogP contribution is 2.18. The number of hydrogen-bond acceptors (Lipinski definition) is 4. The lowest BCUT2D eigenvalue weighted by atomic mass is 10.2. The summed E-state index contributed by atoms with van der Waals surface area (Å²) in [6.45, 7) is 0. The number of aromatic nitrogens is 3. The molecule has 0 fully saturated rings. The maximum atomic E-state index is 12.0. The van der Waals surface area contributed by atoms with E-state index in [-0.39, 0.29) is 5.91 Å². The van der Waals surface area contributed by atoms with Crippen molar-refractivity contribution in [2.45, 2.75) is 0 Å². The van der Waals surface area contributed by atoms with Gasteiger partial charge < -0.3 is 10.1 Å². The second-order valence-electron chi connectivity index (χ2n) is 4.95. The molecule has 0 saturated heterocycles. The fourth-order valence-corrected chi connectivity index (χ4v) is 2.19. The minimum atomic E-state index is -0.214. The Hall–Kier alpha value is -3.41. The van der Waals surface area contributed by atoms with E-state index in [1.165, 1.54) is 12.4 Å². The lowest BCUT2D eigenvalue weighted by Crippen LogP contribution is -2.07. The van der Waals surface area contributed by atoms with Gasteiger partial charge in [-0.2, -0.15) is 5.10 Å². The second kappa shape index (κ2) is 7.23. The molecule has 1 aromatic heterocycles. The number of para-hydroxylation sites is 1. The first-order chi connectivity index (χ1) is 11.8. The molecular weight excluding hydrogens is 304 g/mol. The molecule has 0 unspecified atom stereocenters. The number of ether oxygens (including phenoxy) is 1. The van der Waals surface area contributed by atoms with Gasteiger partial charge in [0.2, 0.25) is 5.91 Å². The van der Waals surface area contributed by atoms with E-state index < -0.39 is 0 Å². The molecule has 24 heavy (non-hydrogen) atoms. The third-order valence-corrected chi connectivity index (χ3v) is 3.37. The quantitative estimate of drug-likeness (QED) is 0.734. The smallest absolute Gasteiger partial charge is 0.248 e. The Balaban J connectivity index is 1.65. The maximum Gasteiger partial charge on any atom is 0.248 e. The number of hydrogen-bond donors (Lipinski definition) is 1. The van der Waals surface area contributed by atoms with Gasteiger partial charge in [0.15, 0.2) is 0 Å². The van der Waals surface area contributed by atoms with Gasteiger partial charge in [-0.15, -0.1) is 0 Å². The van der Waals surface area contributed by atoms with Crippen LogP contribution >= 0.6 is 0 Å². The Morgan fingerprint density at radius 2 is 1.96 bits per heavy atom. The zero-order valence-corrected chi connectivity index (χ0v) is 13.1. The van der Waals surface area contributed by atoms with Gasteiger partial charge in [-0.05, 0) is 36.4 Å². The summed E-state index contributed by atoms with van der Waals surface area (Å²) in [7, 11) is 1.60. The summed E-state index contributed by atoms with van der Waals surface area (Å²) < 4.78 is 6.89. The molecule has 0 bridgehead atoms. The van der Waals surface area contributed by atoms with E-state index in [0.717, 1.165) is 17.0 Å². The molecule has 0 aliphatic rings. The molecule has 1 heterocycles. The Bertz CT molecular complexity index is 840. The number of nitrogens with zero attached hydrogens (tertiary/aromatic N) is 3. The van der Waals surface area contributed by atoms with Crippen LogP contribution in [-0.2, 0) is 4.79 Å². The molecule has 0 atom stereocenters. The van der Waals surface area contributed by atoms with Crippen molar-refractivity contribution in [3.8, 4) is 11.4 Å². The van der Waals surface area contributed by atoms with Crippen molar-refractivity contribution in [3.05, 3.63) is 72.8 Å². The van der Waals surface area contributed by atoms with Crippen LogP contribution in [0.25, 0.3) is 11.8 Å². The Kier molecular flexibility index (Phi) is 4.67. The van der Waals surface area contributed by atoms with Gasteiger partial charge in [-0.1, -0.05) is 18.2 Å². The summed E-state index contributed by atoms with van der Waals surface area (Å²) in [6, 6.07) is 14.8. The molecule has 120 valence electrons. The van der Waals surface area contributed by atoms with Gasteiger partial charge in [-0.25, -0.2) is 9.67 Å². The van der Waals surface area contributed by atoms with E-state index in [4.69, 9.17) is 4.74 Å². The topological polar surface area (TPSA) is 69.0 Å². The van der Waals surface area contributed by atoms with Crippen LogP contribution in [-0.4, -0.2) is 27.8 Å². The number of amides is 1. The number of carbonyl (C=O) groups excluding carboxylic acids is 1. The molecule has 0 aliphatic heterocycles. The summed E-state index contributed by atoms with van der Waals surface area (Å²) in [5.41, 5.74) is 2.42. The van der Waals surface area contributed by atoms with Crippen molar-refractivity contribution in [1.82, 2.24) is 14.8 Å². The van der Waals surface area contributed by atoms with Crippen molar-refractivity contribution >= 4 is 17.7 Å². The molecule has 0 saturated carbocycles. The number of nitrogens with one attached hydrogen (secondary N) is 1. The van der Waals surface area contributed by atoms with Crippen molar-refractivity contribution in [2.75, 3.05) is 12.4 Å². The minimum absolute atomic E-state index is 0.214. The van der Waals surface area contributed by atoms with Gasteiger partial charge in [-0.3, -0.25) is 4.79 Å². The highest BCUT2D eigenvalue weighted by atomic mass is 16.5. The zero-order valence-electron chi connectivity index (χ0n) is 13.1. The Morgan fingerprint density at radius 3 is 2.67 bits per heavy atom. The van der Waals surface area contributed by atoms with Gasteiger partial charge in [0, 0.05) is 17.3 Å². The molecule has 6 heteroatoms. The van der Waals surface area contributed by atoms with Crippen LogP contribution in [0.1, 0.15) is 5.56 Å². The van der Waals surface area contributed by atoms with Crippen LogP contribution in [0, 0.1) is 0 Å². The molecule has 1 amide bonds. The van der Waals surface area contributed by atoms with Gasteiger partial charge in [0.25, 0.3) is 0 Å². The molecule has 3 rings (SSSR count). The minimum Gasteiger partial charge on any atom is -0.496 e. The third-order valence-electron chi connectivity index (χ3n) is 3.37. The third kappa shape index (κ3) is 3.67. The first-order valence-electron chi connectivity index (χ1n) is 7.33. The van der Waals surface area contributed by atoms with E-state index in [2.05, 4.69) is 15.4 Å². The lowest BCUT2D eigenvalue weighted by Gasteiger charge is -2.05. The number of anilines is 1. The predicted molar refractivity (Wildman–Crippen MR) is 92.0 cm³/mol. The molecule has 1 N–H and O–H groups in total. The van der Waals surface area contributed by atoms with Gasteiger partial charge >= 0.3 is 0 Å². The molecular formula is C18H16N4O2. The largest absolute Gasteiger partial charge is 0.496 e. The number of rotatable bonds is 5. The average molecular weight is 320 g/mol. The molecule has 0 radical (unpaired) electrons. The van der Waals surface area contributed by atoms with Crippen molar-refractivity contribution in [1.29, 1.82) is 0 Å². The molecule has 6 nitrogen and oxygen atoms in total. The summed E-state index contributed by atoms with van der Waals surface area (Å²) >= 11 is 0. The van der Waals surface area contributed by atoms with Crippen LogP contribution in [0.4, 0.5) is 5.69 Å². The Morgan fingerprint density at radius 1 is 1.17 bits per heavy atom.